The third-order valence-corrected chi connectivity index (χ3v) is 5.64. The summed E-state index contributed by atoms with van der Waals surface area (Å²) in [6.45, 7) is 20.4. The van der Waals surface area contributed by atoms with E-state index < -0.39 is 0 Å². The van der Waals surface area contributed by atoms with E-state index in [-0.39, 0.29) is 0 Å². The van der Waals surface area contributed by atoms with Gasteiger partial charge < -0.3 is 4.90 Å². The molecule has 1 aromatic heterocycles. The van der Waals surface area contributed by atoms with E-state index in [0.29, 0.717) is 13.1 Å². The lowest BCUT2D eigenvalue weighted by Gasteiger charge is -2.41. The summed E-state index contributed by atoms with van der Waals surface area (Å²) in [5.41, 5.74) is 2.27. The molecule has 0 radical (unpaired) electrons. The highest BCUT2D eigenvalue weighted by Gasteiger charge is 2.28. The number of rotatable bonds is 3. The molecule has 1 saturated heterocycles. The molecule has 184 valence electrons. The summed E-state index contributed by atoms with van der Waals surface area (Å²) in [6, 6.07) is 13.9. The Hall–Kier alpha value is -1.65. The molecule has 4 rings (SSSR count). The topological polar surface area (TPSA) is 24.3 Å². The molecule has 1 aliphatic carbocycles. The van der Waals surface area contributed by atoms with E-state index in [0.717, 1.165) is 37.9 Å². The van der Waals surface area contributed by atoms with Crippen molar-refractivity contribution >= 4 is 0 Å². The number of nitrogens with zero attached hydrogens (tertiary/aromatic N) is 4. The average molecular weight is 446 g/mol. The van der Waals surface area contributed by atoms with Crippen LogP contribution in [-0.2, 0) is 0 Å². The van der Waals surface area contributed by atoms with Crippen molar-refractivity contribution in [3.8, 4) is 11.3 Å². The van der Waals surface area contributed by atoms with Crippen LogP contribution in [-0.4, -0.2) is 58.8 Å². The van der Waals surface area contributed by atoms with Gasteiger partial charge in [0.1, 0.15) is 0 Å². The van der Waals surface area contributed by atoms with Crippen LogP contribution in [0.3, 0.4) is 0 Å². The first-order valence-electron chi connectivity index (χ1n) is 13.9. The first-order valence-corrected chi connectivity index (χ1v) is 13.2. The molecule has 1 aromatic carbocycles. The Morgan fingerprint density at radius 3 is 1.78 bits per heavy atom. The highest BCUT2D eigenvalue weighted by atomic mass is 15.3. The van der Waals surface area contributed by atoms with Gasteiger partial charge in [-0.1, -0.05) is 85.7 Å². The lowest BCUT2D eigenvalue weighted by molar-refractivity contribution is 0.0811. The zero-order chi connectivity index (χ0) is 25.1. The molecule has 1 aliphatic heterocycles. The maximum Gasteiger partial charge on any atom is 0.0923 e. The molecule has 2 aliphatic rings. The maximum absolute atomic E-state index is 7.49. The van der Waals surface area contributed by atoms with Gasteiger partial charge in [0.05, 0.1) is 11.7 Å². The Labute approximate surface area is 201 Å². The lowest BCUT2D eigenvalue weighted by atomic mass is 9.90. The van der Waals surface area contributed by atoms with Crippen molar-refractivity contribution in [3.63, 3.8) is 0 Å². The molecule has 0 unspecified atom stereocenters. The van der Waals surface area contributed by atoms with Crippen molar-refractivity contribution in [1.82, 2.24) is 19.6 Å². The van der Waals surface area contributed by atoms with Crippen LogP contribution in [0.5, 0.6) is 0 Å². The molecule has 2 aromatic rings. The number of piperazine rings is 1. The normalized spacial score (nSPS) is 21.1. The predicted molar refractivity (Wildman–Crippen MR) is 143 cm³/mol. The molecule has 2 heterocycles. The van der Waals surface area contributed by atoms with Crippen LogP contribution in [0.4, 0.5) is 0 Å². The molecule has 0 amide bonds. The summed E-state index contributed by atoms with van der Waals surface area (Å²) in [6.07, 6.45) is 7.14. The van der Waals surface area contributed by atoms with Gasteiger partial charge >= 0.3 is 0 Å². The molecule has 32 heavy (non-hydrogen) atoms. The SMILES string of the molecule is CC.CC.CC.CC.[2H]CN1CCN(C2CCC(n3ccc(-c4ccccc4)n3)CC2)CC1. The van der Waals surface area contributed by atoms with Gasteiger partial charge in [0, 0.05) is 45.4 Å². The highest BCUT2D eigenvalue weighted by Crippen LogP contribution is 2.32. The van der Waals surface area contributed by atoms with Gasteiger partial charge in [-0.05, 0) is 38.8 Å². The molecule has 0 atom stereocenters. The second-order valence-corrected chi connectivity index (χ2v) is 7.16. The minimum atomic E-state index is 0.448. The van der Waals surface area contributed by atoms with Crippen molar-refractivity contribution < 1.29 is 1.37 Å². The number of likely N-dealkylation sites (N-methyl/N-ethyl adjacent to an activating group) is 1. The van der Waals surface area contributed by atoms with Crippen LogP contribution in [0.1, 0.15) is 88.5 Å². The Bertz CT molecular complexity index is 658. The first-order chi connectivity index (χ1) is 16.3. The quantitative estimate of drug-likeness (QED) is 0.492. The standard InChI is InChI=1S/C20H28N4.4C2H6/c1-22-13-15-23(16-14-22)18-7-9-19(10-8-18)24-12-11-20(21-24)17-5-3-2-4-6-17;4*1-2/h2-6,11-12,18-19H,7-10,13-16H2,1H3;4*1-2H3/i1D;;;;. The number of hydrogen-bond donors (Lipinski definition) is 0. The third-order valence-electron chi connectivity index (χ3n) is 5.64. The van der Waals surface area contributed by atoms with Gasteiger partial charge in [-0.2, -0.15) is 5.10 Å². The van der Waals surface area contributed by atoms with Crippen molar-refractivity contribution in [2.45, 2.75) is 93.2 Å². The molecule has 0 bridgehead atoms. The molecule has 0 spiro atoms. The molecular weight excluding hydrogens is 392 g/mol. The lowest BCUT2D eigenvalue weighted by Crippen LogP contribution is -2.49. The van der Waals surface area contributed by atoms with Gasteiger partial charge in [-0.3, -0.25) is 9.58 Å². The fraction of sp³-hybridized carbons (Fsp3) is 0.679. The largest absolute Gasteiger partial charge is 0.304 e. The monoisotopic (exact) mass is 445 g/mol. The van der Waals surface area contributed by atoms with Crippen molar-refractivity contribution in [3.05, 3.63) is 42.6 Å². The minimum absolute atomic E-state index is 0.448. The van der Waals surface area contributed by atoms with Gasteiger partial charge in [-0.25, -0.2) is 0 Å². The van der Waals surface area contributed by atoms with Crippen molar-refractivity contribution in [2.24, 2.45) is 0 Å². The molecular formula is C28H52N4. The van der Waals surface area contributed by atoms with E-state index in [9.17, 15) is 0 Å². The first kappa shape index (κ1) is 28.4. The third kappa shape index (κ3) is 9.46. The molecule has 1 saturated carbocycles. The fourth-order valence-electron chi connectivity index (χ4n) is 4.12. The summed E-state index contributed by atoms with van der Waals surface area (Å²) in [5, 5.41) is 4.84. The van der Waals surface area contributed by atoms with Crippen LogP contribution in [0.2, 0.25) is 0 Å². The van der Waals surface area contributed by atoms with Crippen LogP contribution in [0.25, 0.3) is 11.3 Å². The fourth-order valence-corrected chi connectivity index (χ4v) is 4.12. The van der Waals surface area contributed by atoms with E-state index in [4.69, 9.17) is 6.47 Å². The Morgan fingerprint density at radius 1 is 0.719 bits per heavy atom. The number of hydrogen-bond acceptors (Lipinski definition) is 3. The zero-order valence-corrected chi connectivity index (χ0v) is 22.3. The maximum atomic E-state index is 7.49. The smallest absolute Gasteiger partial charge is 0.0923 e. The van der Waals surface area contributed by atoms with E-state index in [2.05, 4.69) is 51.0 Å². The Kier molecular flexibility index (Phi) is 16.7. The summed E-state index contributed by atoms with van der Waals surface area (Å²) < 4.78 is 9.68. The van der Waals surface area contributed by atoms with Gasteiger partial charge in [0.25, 0.3) is 0 Å². The second kappa shape index (κ2) is 18.9. The van der Waals surface area contributed by atoms with Crippen LogP contribution < -0.4 is 0 Å². The second-order valence-electron chi connectivity index (χ2n) is 7.16. The molecule has 4 nitrogen and oxygen atoms in total. The van der Waals surface area contributed by atoms with Crippen LogP contribution >= 0.6 is 0 Å². The predicted octanol–water partition coefficient (Wildman–Crippen LogP) is 7.39. The summed E-state index contributed by atoms with van der Waals surface area (Å²) in [7, 11) is 0.448. The van der Waals surface area contributed by atoms with Gasteiger partial charge in [0.2, 0.25) is 0 Å². The highest BCUT2D eigenvalue weighted by molar-refractivity contribution is 5.58. The van der Waals surface area contributed by atoms with Crippen molar-refractivity contribution in [1.29, 1.82) is 0 Å². The molecule has 0 N–H and O–H groups in total. The summed E-state index contributed by atoms with van der Waals surface area (Å²) >= 11 is 0. The molecule has 4 heteroatoms. The van der Waals surface area contributed by atoms with E-state index in [1.807, 2.05) is 61.5 Å². The minimum Gasteiger partial charge on any atom is -0.304 e. The van der Waals surface area contributed by atoms with E-state index in [1.165, 1.54) is 31.2 Å². The average Bonchev–Trinajstić information content (AvgIpc) is 3.44. The van der Waals surface area contributed by atoms with Crippen molar-refractivity contribution in [2.75, 3.05) is 33.2 Å². The van der Waals surface area contributed by atoms with Crippen LogP contribution in [0, 0.1) is 0 Å². The Balaban J connectivity index is 0.00000116. The number of benzene rings is 1. The Morgan fingerprint density at radius 2 is 1.25 bits per heavy atom. The summed E-state index contributed by atoms with van der Waals surface area (Å²) in [5.74, 6) is 0. The van der Waals surface area contributed by atoms with Gasteiger partial charge in [0.15, 0.2) is 0 Å². The zero-order valence-electron chi connectivity index (χ0n) is 23.3. The van der Waals surface area contributed by atoms with Crippen LogP contribution in [0.15, 0.2) is 42.6 Å². The van der Waals surface area contributed by atoms with E-state index in [1.54, 1.807) is 0 Å². The van der Waals surface area contributed by atoms with E-state index >= 15 is 0 Å². The van der Waals surface area contributed by atoms with Gasteiger partial charge in [-0.15, -0.1) is 0 Å². The molecule has 2 fully saturated rings. The number of aromatic nitrogens is 2. The summed E-state index contributed by atoms with van der Waals surface area (Å²) in [4.78, 5) is 4.89.